The van der Waals surface area contributed by atoms with Crippen molar-refractivity contribution in [1.82, 2.24) is 9.78 Å². The summed E-state index contributed by atoms with van der Waals surface area (Å²) >= 11 is 0. The average molecular weight is 334 g/mol. The van der Waals surface area contributed by atoms with Crippen LogP contribution in [0, 0.1) is 6.92 Å². The van der Waals surface area contributed by atoms with Gasteiger partial charge in [0.2, 0.25) is 0 Å². The first kappa shape index (κ1) is 16.4. The topological polar surface area (TPSA) is 38.1 Å². The van der Waals surface area contributed by atoms with Crippen LogP contribution >= 0.6 is 0 Å². The lowest BCUT2D eigenvalue weighted by Crippen LogP contribution is -2.10. The smallest absolute Gasteiger partial charge is 0.418 e. The van der Waals surface area contributed by atoms with E-state index in [-0.39, 0.29) is 17.3 Å². The molecule has 24 heavy (non-hydrogen) atoms. The third-order valence-corrected chi connectivity index (χ3v) is 3.99. The molecule has 3 rings (SSSR count). The van der Waals surface area contributed by atoms with E-state index < -0.39 is 11.7 Å². The maximum atomic E-state index is 13.4. The van der Waals surface area contributed by atoms with Crippen molar-refractivity contribution in [2.45, 2.75) is 33.0 Å². The number of para-hydroxylation sites is 1. The highest BCUT2D eigenvalue weighted by atomic mass is 19.4. The van der Waals surface area contributed by atoms with E-state index >= 15 is 0 Å². The number of benzene rings is 2. The number of halogens is 3. The number of aromatic hydroxyl groups is 1. The molecule has 0 radical (unpaired) electrons. The Kier molecular flexibility index (Phi) is 3.78. The quantitative estimate of drug-likeness (QED) is 0.689. The van der Waals surface area contributed by atoms with Gasteiger partial charge in [-0.1, -0.05) is 12.1 Å². The maximum Gasteiger partial charge on any atom is 0.418 e. The minimum absolute atomic E-state index is 0.0856. The summed E-state index contributed by atoms with van der Waals surface area (Å²) in [6.45, 7) is 5.39. The van der Waals surface area contributed by atoms with Crippen LogP contribution in [0.15, 0.2) is 36.4 Å². The molecular formula is C18H17F3N2O. The predicted octanol–water partition coefficient (Wildman–Crippen LogP) is 5.32. The van der Waals surface area contributed by atoms with Crippen molar-refractivity contribution >= 4 is 10.9 Å². The molecule has 126 valence electrons. The van der Waals surface area contributed by atoms with Gasteiger partial charge in [0, 0.05) is 17.0 Å². The molecule has 0 spiro atoms. The lowest BCUT2D eigenvalue weighted by Gasteiger charge is -2.12. The van der Waals surface area contributed by atoms with E-state index in [0.29, 0.717) is 16.6 Å². The fraction of sp³-hybridized carbons (Fsp3) is 0.278. The molecule has 3 nitrogen and oxygen atoms in total. The van der Waals surface area contributed by atoms with Crippen molar-refractivity contribution in [3.05, 3.63) is 47.5 Å². The highest BCUT2D eigenvalue weighted by Gasteiger charge is 2.35. The Morgan fingerprint density at radius 3 is 2.42 bits per heavy atom. The zero-order valence-electron chi connectivity index (χ0n) is 13.5. The van der Waals surface area contributed by atoms with Gasteiger partial charge in [-0.3, -0.25) is 4.68 Å². The molecule has 0 aliphatic carbocycles. The molecule has 1 aromatic heterocycles. The number of nitrogens with zero attached hydrogens (tertiary/aromatic N) is 2. The second-order valence-electron chi connectivity index (χ2n) is 6.09. The van der Waals surface area contributed by atoms with E-state index in [2.05, 4.69) is 5.10 Å². The summed E-state index contributed by atoms with van der Waals surface area (Å²) in [5.41, 5.74) is 1.34. The Morgan fingerprint density at radius 2 is 1.83 bits per heavy atom. The zero-order chi connectivity index (χ0) is 17.6. The Balaban J connectivity index is 2.39. The molecular weight excluding hydrogens is 317 g/mol. The third kappa shape index (κ3) is 2.62. The van der Waals surface area contributed by atoms with Crippen LogP contribution in [-0.2, 0) is 6.18 Å². The van der Waals surface area contributed by atoms with Gasteiger partial charge < -0.3 is 5.11 Å². The van der Waals surface area contributed by atoms with Crippen molar-refractivity contribution in [2.24, 2.45) is 0 Å². The van der Waals surface area contributed by atoms with Crippen LogP contribution in [0.1, 0.15) is 31.0 Å². The van der Waals surface area contributed by atoms with Crippen molar-refractivity contribution in [3.63, 3.8) is 0 Å². The van der Waals surface area contributed by atoms with Gasteiger partial charge in [-0.15, -0.1) is 0 Å². The minimum atomic E-state index is -4.45. The number of aromatic nitrogens is 2. The number of alkyl halides is 3. The van der Waals surface area contributed by atoms with Crippen LogP contribution in [0.25, 0.3) is 22.2 Å². The number of fused-ring (bicyclic) bond motifs is 1. The summed E-state index contributed by atoms with van der Waals surface area (Å²) in [4.78, 5) is 0. The largest absolute Gasteiger partial charge is 0.508 e. The second kappa shape index (κ2) is 5.54. The molecule has 6 heteroatoms. The van der Waals surface area contributed by atoms with E-state index in [9.17, 15) is 18.3 Å². The van der Waals surface area contributed by atoms with Crippen molar-refractivity contribution in [3.8, 4) is 17.0 Å². The molecule has 1 N–H and O–H groups in total. The van der Waals surface area contributed by atoms with Crippen LogP contribution in [0.5, 0.6) is 5.75 Å². The number of rotatable bonds is 2. The summed E-state index contributed by atoms with van der Waals surface area (Å²) in [5.74, 6) is 0.111. The summed E-state index contributed by atoms with van der Waals surface area (Å²) < 4.78 is 41.7. The number of hydrogen-bond donors (Lipinski definition) is 1. The number of phenolic OH excluding ortho intramolecular Hbond substituents is 1. The van der Waals surface area contributed by atoms with E-state index in [1.165, 1.54) is 16.8 Å². The molecule has 1 heterocycles. The van der Waals surface area contributed by atoms with Gasteiger partial charge >= 0.3 is 6.18 Å². The monoisotopic (exact) mass is 334 g/mol. The Bertz CT molecular complexity index is 911. The predicted molar refractivity (Wildman–Crippen MR) is 87.0 cm³/mol. The summed E-state index contributed by atoms with van der Waals surface area (Å²) in [7, 11) is 0. The molecule has 0 atom stereocenters. The highest BCUT2D eigenvalue weighted by Crippen LogP contribution is 2.40. The molecule has 2 aromatic carbocycles. The summed E-state index contributed by atoms with van der Waals surface area (Å²) in [6, 6.07) is 8.67. The van der Waals surface area contributed by atoms with Gasteiger partial charge in [-0.2, -0.15) is 18.3 Å². The highest BCUT2D eigenvalue weighted by molar-refractivity contribution is 5.96. The van der Waals surface area contributed by atoms with Gasteiger partial charge in [0.25, 0.3) is 0 Å². The first-order chi connectivity index (χ1) is 11.2. The van der Waals surface area contributed by atoms with E-state index in [0.717, 1.165) is 11.6 Å². The molecule has 0 bridgehead atoms. The number of hydrogen-bond acceptors (Lipinski definition) is 2. The van der Waals surface area contributed by atoms with Crippen molar-refractivity contribution < 1.29 is 18.3 Å². The zero-order valence-corrected chi connectivity index (χ0v) is 13.5. The molecule has 0 saturated carbocycles. The summed E-state index contributed by atoms with van der Waals surface area (Å²) in [5, 5.41) is 14.5. The molecule has 0 unspecified atom stereocenters. The van der Waals surface area contributed by atoms with Crippen LogP contribution < -0.4 is 0 Å². The Morgan fingerprint density at radius 1 is 1.12 bits per heavy atom. The first-order valence-electron chi connectivity index (χ1n) is 7.58. The van der Waals surface area contributed by atoms with E-state index in [1.54, 1.807) is 39.0 Å². The molecule has 0 aliphatic heterocycles. The fourth-order valence-corrected chi connectivity index (χ4v) is 2.91. The average Bonchev–Trinajstić information content (AvgIpc) is 2.86. The first-order valence-corrected chi connectivity index (χ1v) is 7.58. The van der Waals surface area contributed by atoms with Crippen LogP contribution in [0.2, 0.25) is 0 Å². The lowest BCUT2D eigenvalue weighted by atomic mass is 10.0. The van der Waals surface area contributed by atoms with Crippen molar-refractivity contribution in [2.75, 3.05) is 0 Å². The second-order valence-corrected chi connectivity index (χ2v) is 6.09. The number of aryl methyl sites for hydroxylation is 1. The minimum Gasteiger partial charge on any atom is -0.508 e. The van der Waals surface area contributed by atoms with Gasteiger partial charge in [0.15, 0.2) is 0 Å². The Hall–Kier alpha value is -2.50. The van der Waals surface area contributed by atoms with Gasteiger partial charge in [0.05, 0.1) is 11.1 Å². The van der Waals surface area contributed by atoms with Crippen LogP contribution in [0.4, 0.5) is 13.2 Å². The molecule has 0 fully saturated rings. The SMILES string of the molecule is Cc1cc(O)ccc1-c1nn(C(C)C)c2c(C(F)(F)F)cccc12. The fourth-order valence-electron chi connectivity index (χ4n) is 2.91. The molecule has 0 saturated heterocycles. The Labute approximate surface area is 137 Å². The molecule has 0 amide bonds. The molecule has 0 aliphatic rings. The lowest BCUT2D eigenvalue weighted by molar-refractivity contribution is -0.136. The standard InChI is InChI=1S/C18H17F3N2O/c1-10(2)23-17-14(5-4-6-15(17)18(19,20)21)16(22-23)13-8-7-12(24)9-11(13)3/h4-10,24H,1-3H3. The maximum absolute atomic E-state index is 13.4. The van der Waals surface area contributed by atoms with Gasteiger partial charge in [-0.25, -0.2) is 0 Å². The van der Waals surface area contributed by atoms with Crippen LogP contribution in [0.3, 0.4) is 0 Å². The molecule has 3 aromatic rings. The third-order valence-electron chi connectivity index (χ3n) is 3.99. The van der Waals surface area contributed by atoms with E-state index in [4.69, 9.17) is 0 Å². The van der Waals surface area contributed by atoms with Crippen molar-refractivity contribution in [1.29, 1.82) is 0 Å². The summed E-state index contributed by atoms with van der Waals surface area (Å²) in [6.07, 6.45) is -4.45. The normalized spacial score (nSPS) is 12.3. The van der Waals surface area contributed by atoms with Crippen LogP contribution in [-0.4, -0.2) is 14.9 Å². The van der Waals surface area contributed by atoms with E-state index in [1.807, 2.05) is 0 Å². The number of phenols is 1. The van der Waals surface area contributed by atoms with Gasteiger partial charge in [0.1, 0.15) is 11.4 Å². The van der Waals surface area contributed by atoms with Gasteiger partial charge in [-0.05, 0) is 50.6 Å².